The average molecular weight is 499 g/mol. The number of nitrogens with zero attached hydrogens (tertiary/aromatic N) is 6. The molecular weight excluding hydrogens is 475 g/mol. The van der Waals surface area contributed by atoms with Crippen molar-refractivity contribution in [1.82, 2.24) is 29.5 Å². The predicted molar refractivity (Wildman–Crippen MR) is 126 cm³/mol. The number of hydrogen-bond acceptors (Lipinski definition) is 6. The van der Waals surface area contributed by atoms with Crippen LogP contribution in [0.2, 0.25) is 0 Å². The Morgan fingerprint density at radius 1 is 1.17 bits per heavy atom. The molecule has 1 fully saturated rings. The van der Waals surface area contributed by atoms with Gasteiger partial charge in [0.25, 0.3) is 6.43 Å². The molecule has 4 heterocycles. The average Bonchev–Trinajstić information content (AvgIpc) is 3.34. The van der Waals surface area contributed by atoms with Gasteiger partial charge in [0.05, 0.1) is 17.0 Å². The number of rotatable bonds is 5. The molecule has 1 atom stereocenters. The van der Waals surface area contributed by atoms with E-state index < -0.39 is 29.9 Å². The van der Waals surface area contributed by atoms with E-state index in [1.807, 2.05) is 6.07 Å². The Hall–Kier alpha value is -3.96. The van der Waals surface area contributed by atoms with Crippen LogP contribution in [0.4, 0.5) is 23.8 Å². The van der Waals surface area contributed by atoms with Gasteiger partial charge in [-0.05, 0) is 38.7 Å². The Bertz CT molecular complexity index is 1450. The number of amides is 1. The smallest absolute Gasteiger partial charge is 0.407 e. The molecule has 2 N–H and O–H groups in total. The summed E-state index contributed by atoms with van der Waals surface area (Å²) in [6.45, 7) is 4.21. The summed E-state index contributed by atoms with van der Waals surface area (Å²) in [5, 5.41) is 21.5. The first-order valence-corrected chi connectivity index (χ1v) is 11.6. The fraction of sp³-hybridized carbons (Fsp3) is 0.375. The Kier molecular flexibility index (Phi) is 6.10. The lowest BCUT2D eigenvalue weighted by Crippen LogP contribution is -2.36. The number of aryl methyl sites for hydroxylation is 1. The monoisotopic (exact) mass is 499 g/mol. The molecule has 1 amide bonds. The second-order valence-corrected chi connectivity index (χ2v) is 8.94. The molecule has 1 aliphatic rings. The van der Waals surface area contributed by atoms with Gasteiger partial charge in [-0.2, -0.15) is 0 Å². The SMILES string of the molecule is Cc1nc(N[C@H](C)c2cccc(C(F)F)c2F)c2cc(C3CCN(C(=O)O)CC3)c3nncn3c2n1. The number of benzene rings is 1. The highest BCUT2D eigenvalue weighted by molar-refractivity contribution is 5.90. The molecule has 0 aliphatic carbocycles. The Morgan fingerprint density at radius 3 is 2.58 bits per heavy atom. The molecule has 0 unspecified atom stereocenters. The van der Waals surface area contributed by atoms with Gasteiger partial charge in [0.1, 0.15) is 23.8 Å². The Labute approximate surface area is 204 Å². The maximum absolute atomic E-state index is 14.8. The van der Waals surface area contributed by atoms with Gasteiger partial charge in [0.15, 0.2) is 11.3 Å². The number of alkyl halides is 2. The van der Waals surface area contributed by atoms with Gasteiger partial charge in [0.2, 0.25) is 0 Å². The molecule has 0 radical (unpaired) electrons. The quantitative estimate of drug-likeness (QED) is 0.394. The molecular formula is C24H24F3N7O2. The lowest BCUT2D eigenvalue weighted by molar-refractivity contribution is 0.132. The van der Waals surface area contributed by atoms with Crippen molar-refractivity contribution < 1.29 is 23.1 Å². The van der Waals surface area contributed by atoms with Gasteiger partial charge in [0, 0.05) is 24.2 Å². The minimum absolute atomic E-state index is 0.0449. The van der Waals surface area contributed by atoms with Gasteiger partial charge in [-0.25, -0.2) is 27.9 Å². The van der Waals surface area contributed by atoms with Crippen molar-refractivity contribution in [3.63, 3.8) is 0 Å². The number of piperidine rings is 1. The van der Waals surface area contributed by atoms with Crippen LogP contribution in [0.15, 0.2) is 30.6 Å². The number of anilines is 1. The number of carboxylic acid groups (broad SMARTS) is 1. The number of aromatic nitrogens is 5. The molecule has 0 bridgehead atoms. The van der Waals surface area contributed by atoms with Gasteiger partial charge < -0.3 is 15.3 Å². The van der Waals surface area contributed by atoms with Crippen LogP contribution < -0.4 is 5.32 Å². The van der Waals surface area contributed by atoms with E-state index in [4.69, 9.17) is 0 Å². The normalized spacial score (nSPS) is 15.7. The number of fused-ring (bicyclic) bond motifs is 3. The van der Waals surface area contributed by atoms with Crippen molar-refractivity contribution >= 4 is 28.6 Å². The number of nitrogens with one attached hydrogen (secondary N) is 1. The summed E-state index contributed by atoms with van der Waals surface area (Å²) in [5.74, 6) is -0.0266. The van der Waals surface area contributed by atoms with Crippen LogP contribution in [0.1, 0.15) is 60.7 Å². The molecule has 1 aliphatic heterocycles. The van der Waals surface area contributed by atoms with Crippen LogP contribution in [0.25, 0.3) is 16.7 Å². The van der Waals surface area contributed by atoms with Gasteiger partial charge in [-0.15, -0.1) is 10.2 Å². The van der Waals surface area contributed by atoms with E-state index in [0.717, 1.165) is 11.6 Å². The first-order chi connectivity index (χ1) is 17.2. The van der Waals surface area contributed by atoms with Gasteiger partial charge in [-0.3, -0.25) is 4.40 Å². The largest absolute Gasteiger partial charge is 0.465 e. The van der Waals surface area contributed by atoms with E-state index in [0.29, 0.717) is 54.3 Å². The zero-order valence-corrected chi connectivity index (χ0v) is 19.6. The first kappa shape index (κ1) is 23.8. The molecule has 36 heavy (non-hydrogen) atoms. The number of carbonyl (C=O) groups is 1. The van der Waals surface area contributed by atoms with Crippen molar-refractivity contribution in [3.05, 3.63) is 58.9 Å². The number of hydrogen-bond donors (Lipinski definition) is 2. The van der Waals surface area contributed by atoms with Crippen LogP contribution in [0.3, 0.4) is 0 Å². The number of halogens is 3. The summed E-state index contributed by atoms with van der Waals surface area (Å²) >= 11 is 0. The van der Waals surface area contributed by atoms with E-state index in [1.165, 1.54) is 17.0 Å². The van der Waals surface area contributed by atoms with Gasteiger partial charge >= 0.3 is 6.09 Å². The van der Waals surface area contributed by atoms with Crippen LogP contribution in [-0.2, 0) is 0 Å². The summed E-state index contributed by atoms with van der Waals surface area (Å²) in [5.41, 5.74) is 1.52. The zero-order chi connectivity index (χ0) is 25.6. The minimum atomic E-state index is -2.92. The lowest BCUT2D eigenvalue weighted by Gasteiger charge is -2.30. The summed E-state index contributed by atoms with van der Waals surface area (Å²) in [6.07, 6.45) is -1.06. The van der Waals surface area contributed by atoms with E-state index in [-0.39, 0.29) is 11.5 Å². The van der Waals surface area contributed by atoms with E-state index in [1.54, 1.807) is 24.6 Å². The van der Waals surface area contributed by atoms with E-state index in [2.05, 4.69) is 25.5 Å². The molecule has 12 heteroatoms. The fourth-order valence-electron chi connectivity index (χ4n) is 4.84. The number of likely N-dealkylation sites (tertiary alicyclic amines) is 1. The second kappa shape index (κ2) is 9.25. The Morgan fingerprint density at radius 2 is 1.89 bits per heavy atom. The summed E-state index contributed by atoms with van der Waals surface area (Å²) < 4.78 is 43.0. The lowest BCUT2D eigenvalue weighted by atomic mass is 9.89. The first-order valence-electron chi connectivity index (χ1n) is 11.6. The Balaban J connectivity index is 1.57. The maximum atomic E-state index is 14.8. The third kappa shape index (κ3) is 4.16. The van der Waals surface area contributed by atoms with Crippen molar-refractivity contribution in [2.24, 2.45) is 0 Å². The highest BCUT2D eigenvalue weighted by Gasteiger charge is 2.27. The summed E-state index contributed by atoms with van der Waals surface area (Å²) in [6, 6.07) is 5.20. The second-order valence-electron chi connectivity index (χ2n) is 8.94. The minimum Gasteiger partial charge on any atom is -0.465 e. The standard InChI is InChI=1S/C24H24F3N7O2/c1-12(15-4-3-5-16(19(15)25)20(26)27)29-21-18-10-17(14-6-8-33(9-7-14)24(35)36)23-32-28-11-34(23)22(18)31-13(2)30-21/h3-5,10-12,14,20H,6-9H2,1-2H3,(H,35,36)(H,29,30,31)/t12-/m1/s1. The van der Waals surface area contributed by atoms with Crippen molar-refractivity contribution in [3.8, 4) is 0 Å². The molecule has 9 nitrogen and oxygen atoms in total. The predicted octanol–water partition coefficient (Wildman–Crippen LogP) is 5.09. The molecule has 188 valence electrons. The van der Waals surface area contributed by atoms with Crippen molar-refractivity contribution in [2.75, 3.05) is 18.4 Å². The molecule has 1 aromatic carbocycles. The highest BCUT2D eigenvalue weighted by atomic mass is 19.3. The third-order valence-corrected chi connectivity index (χ3v) is 6.69. The van der Waals surface area contributed by atoms with E-state index in [9.17, 15) is 23.1 Å². The maximum Gasteiger partial charge on any atom is 0.407 e. The molecule has 5 rings (SSSR count). The zero-order valence-electron chi connectivity index (χ0n) is 19.6. The van der Waals surface area contributed by atoms with Crippen molar-refractivity contribution in [2.45, 2.75) is 45.1 Å². The van der Waals surface area contributed by atoms with Crippen LogP contribution in [-0.4, -0.2) is 53.8 Å². The molecule has 0 spiro atoms. The van der Waals surface area contributed by atoms with Crippen molar-refractivity contribution in [1.29, 1.82) is 0 Å². The topological polar surface area (TPSA) is 109 Å². The van der Waals surface area contributed by atoms with Crippen LogP contribution in [0, 0.1) is 12.7 Å². The molecule has 3 aromatic heterocycles. The molecule has 1 saturated heterocycles. The van der Waals surface area contributed by atoms with Crippen LogP contribution >= 0.6 is 0 Å². The fourth-order valence-corrected chi connectivity index (χ4v) is 4.84. The number of pyridine rings is 1. The third-order valence-electron chi connectivity index (χ3n) is 6.69. The molecule has 0 saturated carbocycles. The summed E-state index contributed by atoms with van der Waals surface area (Å²) in [7, 11) is 0. The molecule has 4 aromatic rings. The van der Waals surface area contributed by atoms with Gasteiger partial charge in [-0.1, -0.05) is 18.2 Å². The summed E-state index contributed by atoms with van der Waals surface area (Å²) in [4.78, 5) is 21.8. The van der Waals surface area contributed by atoms with Crippen LogP contribution in [0.5, 0.6) is 0 Å². The highest BCUT2D eigenvalue weighted by Crippen LogP contribution is 2.35. The van der Waals surface area contributed by atoms with E-state index >= 15 is 0 Å².